The zero-order chi connectivity index (χ0) is 21.7. The van der Waals surface area contributed by atoms with Crippen molar-refractivity contribution >= 4 is 27.7 Å². The van der Waals surface area contributed by atoms with Crippen LogP contribution in [0.4, 0.5) is 0 Å². The van der Waals surface area contributed by atoms with Gasteiger partial charge in [0.15, 0.2) is 5.03 Å². The number of hydrogen-bond donors (Lipinski definition) is 1. The molecule has 1 aromatic heterocycles. The maximum atomic E-state index is 12.8. The van der Waals surface area contributed by atoms with Gasteiger partial charge in [0.25, 0.3) is 10.0 Å². The van der Waals surface area contributed by atoms with Crippen LogP contribution in [0, 0.1) is 19.8 Å². The van der Waals surface area contributed by atoms with Crippen LogP contribution in [0.2, 0.25) is 0 Å². The van der Waals surface area contributed by atoms with Gasteiger partial charge < -0.3 is 9.88 Å². The molecule has 0 radical (unpaired) electrons. The lowest BCUT2D eigenvalue weighted by Crippen LogP contribution is -2.43. The summed E-state index contributed by atoms with van der Waals surface area (Å²) >= 11 is 1.79. The van der Waals surface area contributed by atoms with Gasteiger partial charge in [-0.2, -0.15) is 16.1 Å². The summed E-state index contributed by atoms with van der Waals surface area (Å²) in [7, 11) is -1.83. The number of thioether (sulfide) groups is 1. The molecule has 1 fully saturated rings. The monoisotopic (exact) mass is 450 g/mol. The second-order valence-corrected chi connectivity index (χ2v) is 10.7. The van der Waals surface area contributed by atoms with Gasteiger partial charge in [-0.25, -0.2) is 13.4 Å². The van der Waals surface area contributed by atoms with Gasteiger partial charge in [-0.3, -0.25) is 4.79 Å². The molecule has 0 atom stereocenters. The fraction of sp³-hybridized carbons (Fsp3) is 0.524. The lowest BCUT2D eigenvalue weighted by atomic mass is 9.97. The Bertz CT molecular complexity index is 943. The summed E-state index contributed by atoms with van der Waals surface area (Å²) in [5, 5.41) is 3.08. The first-order chi connectivity index (χ1) is 14.3. The molecule has 2 aromatic rings. The minimum Gasteiger partial charge on any atom is -0.355 e. The lowest BCUT2D eigenvalue weighted by Gasteiger charge is -2.29. The van der Waals surface area contributed by atoms with E-state index in [1.54, 1.807) is 30.3 Å². The van der Waals surface area contributed by atoms with Gasteiger partial charge >= 0.3 is 0 Å². The van der Waals surface area contributed by atoms with E-state index in [9.17, 15) is 13.2 Å². The van der Waals surface area contributed by atoms with Crippen molar-refractivity contribution in [3.05, 3.63) is 47.4 Å². The predicted molar refractivity (Wildman–Crippen MR) is 120 cm³/mol. The van der Waals surface area contributed by atoms with Crippen LogP contribution in [0.15, 0.2) is 35.5 Å². The van der Waals surface area contributed by atoms with Gasteiger partial charge in [-0.15, -0.1) is 0 Å². The molecule has 3 rings (SSSR count). The number of hydrogen-bond acceptors (Lipinski definition) is 5. The first kappa shape index (κ1) is 22.8. The van der Waals surface area contributed by atoms with Crippen molar-refractivity contribution in [1.29, 1.82) is 0 Å². The number of benzene rings is 1. The van der Waals surface area contributed by atoms with Crippen molar-refractivity contribution in [3.8, 4) is 0 Å². The smallest absolute Gasteiger partial charge is 0.262 e. The average Bonchev–Trinajstić information content (AvgIpc) is 3.08. The Balaban J connectivity index is 1.39. The van der Waals surface area contributed by atoms with Crippen molar-refractivity contribution in [1.82, 2.24) is 19.2 Å². The summed E-state index contributed by atoms with van der Waals surface area (Å²) in [4.78, 5) is 16.6. The Morgan fingerprint density at radius 3 is 2.47 bits per heavy atom. The highest BCUT2D eigenvalue weighted by Crippen LogP contribution is 2.23. The molecule has 0 unspecified atom stereocenters. The molecule has 2 heterocycles. The molecule has 0 aliphatic carbocycles. The lowest BCUT2D eigenvalue weighted by molar-refractivity contribution is -0.125. The molecule has 1 saturated heterocycles. The van der Waals surface area contributed by atoms with Crippen LogP contribution in [-0.4, -0.2) is 53.6 Å². The van der Waals surface area contributed by atoms with E-state index in [0.29, 0.717) is 38.3 Å². The van der Waals surface area contributed by atoms with Crippen LogP contribution in [0.5, 0.6) is 0 Å². The van der Waals surface area contributed by atoms with Crippen molar-refractivity contribution in [2.24, 2.45) is 13.0 Å². The molecular weight excluding hydrogens is 420 g/mol. The van der Waals surface area contributed by atoms with Gasteiger partial charge in [0.1, 0.15) is 5.82 Å². The number of nitrogens with zero attached hydrogens (tertiary/aromatic N) is 3. The summed E-state index contributed by atoms with van der Waals surface area (Å²) in [6.45, 7) is 5.16. The molecule has 1 aliphatic rings. The van der Waals surface area contributed by atoms with E-state index in [4.69, 9.17) is 0 Å². The molecule has 7 nitrogen and oxygen atoms in total. The summed E-state index contributed by atoms with van der Waals surface area (Å²) in [6.07, 6.45) is 2.61. The molecule has 9 heteroatoms. The minimum atomic E-state index is -3.60. The van der Waals surface area contributed by atoms with Crippen LogP contribution in [0.25, 0.3) is 0 Å². The Kier molecular flexibility index (Phi) is 7.60. The van der Waals surface area contributed by atoms with E-state index < -0.39 is 10.0 Å². The summed E-state index contributed by atoms with van der Waals surface area (Å²) in [5.41, 5.74) is 2.54. The van der Waals surface area contributed by atoms with Crippen molar-refractivity contribution in [3.63, 3.8) is 0 Å². The number of sulfonamides is 1. The van der Waals surface area contributed by atoms with Crippen molar-refractivity contribution in [2.75, 3.05) is 25.4 Å². The second kappa shape index (κ2) is 9.98. The van der Waals surface area contributed by atoms with Gasteiger partial charge in [0, 0.05) is 50.3 Å². The average molecular weight is 451 g/mol. The third-order valence-electron chi connectivity index (χ3n) is 5.45. The number of imidazole rings is 1. The highest BCUT2D eigenvalue weighted by Gasteiger charge is 2.33. The Labute approximate surface area is 183 Å². The van der Waals surface area contributed by atoms with E-state index in [-0.39, 0.29) is 16.9 Å². The largest absolute Gasteiger partial charge is 0.355 e. The third-order valence-corrected chi connectivity index (χ3v) is 8.25. The van der Waals surface area contributed by atoms with E-state index in [1.807, 2.05) is 0 Å². The number of carbonyl (C=O) groups excluding carboxylic acids is 1. The van der Waals surface area contributed by atoms with Crippen LogP contribution in [0.3, 0.4) is 0 Å². The number of rotatable bonds is 8. The molecule has 1 N–H and O–H groups in total. The molecule has 1 aliphatic heterocycles. The zero-order valence-electron chi connectivity index (χ0n) is 17.8. The van der Waals surface area contributed by atoms with E-state index >= 15 is 0 Å². The van der Waals surface area contributed by atoms with Gasteiger partial charge in [-0.1, -0.05) is 29.8 Å². The molecular formula is C21H30N4O3S2. The highest BCUT2D eigenvalue weighted by atomic mass is 32.2. The van der Waals surface area contributed by atoms with Gasteiger partial charge in [-0.05, 0) is 32.3 Å². The van der Waals surface area contributed by atoms with Crippen LogP contribution < -0.4 is 5.32 Å². The molecule has 30 heavy (non-hydrogen) atoms. The molecule has 0 saturated carbocycles. The van der Waals surface area contributed by atoms with Crippen molar-refractivity contribution in [2.45, 2.75) is 37.5 Å². The maximum absolute atomic E-state index is 12.8. The SMILES string of the molecule is Cc1ccc(CSCCNC(=O)C2CCN(S(=O)(=O)c3cn(C)c(C)n3)CC2)cc1. The first-order valence-corrected chi connectivity index (χ1v) is 12.8. The predicted octanol–water partition coefficient (Wildman–Crippen LogP) is 2.49. The molecule has 1 amide bonds. The first-order valence-electron chi connectivity index (χ1n) is 10.2. The van der Waals surface area contributed by atoms with Crippen LogP contribution >= 0.6 is 11.8 Å². The standard InChI is InChI=1S/C21H30N4O3S2/c1-16-4-6-18(7-5-16)15-29-13-10-22-21(26)19-8-11-25(12-9-19)30(27,28)20-14-24(3)17(2)23-20/h4-7,14,19H,8-13,15H2,1-3H3,(H,22,26). The number of aromatic nitrogens is 2. The van der Waals surface area contributed by atoms with Crippen LogP contribution in [-0.2, 0) is 27.6 Å². The number of aryl methyl sites for hydroxylation is 3. The number of carbonyl (C=O) groups is 1. The molecule has 164 valence electrons. The second-order valence-electron chi connectivity index (χ2n) is 7.74. The number of nitrogens with one attached hydrogen (secondary N) is 1. The summed E-state index contributed by atoms with van der Waals surface area (Å²) < 4.78 is 28.7. The van der Waals surface area contributed by atoms with Gasteiger partial charge in [0.2, 0.25) is 5.91 Å². The minimum absolute atomic E-state index is 0.0247. The summed E-state index contributed by atoms with van der Waals surface area (Å²) in [6, 6.07) is 8.49. The topological polar surface area (TPSA) is 84.3 Å². The Morgan fingerprint density at radius 1 is 1.20 bits per heavy atom. The number of piperidine rings is 1. The van der Waals surface area contributed by atoms with E-state index in [0.717, 1.165) is 11.5 Å². The fourth-order valence-corrected chi connectivity index (χ4v) is 5.72. The quantitative estimate of drug-likeness (QED) is 0.625. The number of amides is 1. The maximum Gasteiger partial charge on any atom is 0.262 e. The fourth-order valence-electron chi connectivity index (χ4n) is 3.41. The van der Waals surface area contributed by atoms with Crippen molar-refractivity contribution < 1.29 is 13.2 Å². The third kappa shape index (κ3) is 5.65. The molecule has 0 bridgehead atoms. The summed E-state index contributed by atoms with van der Waals surface area (Å²) in [5.74, 6) is 2.33. The molecule has 0 spiro atoms. The van der Waals surface area contributed by atoms with E-state index in [2.05, 4.69) is 41.5 Å². The Hall–Kier alpha value is -1.84. The normalized spacial score (nSPS) is 16.0. The van der Waals surface area contributed by atoms with Crippen LogP contribution in [0.1, 0.15) is 29.8 Å². The molecule has 1 aromatic carbocycles. The van der Waals surface area contributed by atoms with Gasteiger partial charge in [0.05, 0.1) is 0 Å². The zero-order valence-corrected chi connectivity index (χ0v) is 19.4. The Morgan fingerprint density at radius 2 is 1.87 bits per heavy atom. The van der Waals surface area contributed by atoms with E-state index in [1.165, 1.54) is 21.6 Å². The highest BCUT2D eigenvalue weighted by molar-refractivity contribution is 7.98.